The van der Waals surface area contributed by atoms with Crippen molar-refractivity contribution in [1.82, 2.24) is 0 Å². The zero-order valence-corrected chi connectivity index (χ0v) is 8.04. The van der Waals surface area contributed by atoms with Crippen molar-refractivity contribution in [2.45, 2.75) is 38.4 Å². The van der Waals surface area contributed by atoms with E-state index in [1.807, 2.05) is 6.92 Å². The Morgan fingerprint density at radius 1 is 1.15 bits per heavy atom. The van der Waals surface area contributed by atoms with E-state index in [0.717, 1.165) is 32.0 Å². The quantitative estimate of drug-likeness (QED) is 0.610. The van der Waals surface area contributed by atoms with Crippen LogP contribution in [0.4, 0.5) is 0 Å². The molecular formula is C10H16O3. The fourth-order valence-corrected chi connectivity index (χ4v) is 2.49. The van der Waals surface area contributed by atoms with Crippen LogP contribution in [0, 0.1) is 5.41 Å². The molecule has 0 bridgehead atoms. The summed E-state index contributed by atoms with van der Waals surface area (Å²) in [5.74, 6) is -0.648. The van der Waals surface area contributed by atoms with Crippen LogP contribution in [0.2, 0.25) is 0 Å². The van der Waals surface area contributed by atoms with Crippen LogP contribution in [0.3, 0.4) is 0 Å². The van der Waals surface area contributed by atoms with Crippen LogP contribution in [0.25, 0.3) is 0 Å². The molecule has 3 heteroatoms. The van der Waals surface area contributed by atoms with Crippen molar-refractivity contribution in [3.05, 3.63) is 0 Å². The Labute approximate surface area is 78.4 Å². The van der Waals surface area contributed by atoms with Crippen molar-refractivity contribution in [2.75, 3.05) is 13.2 Å². The third-order valence-electron chi connectivity index (χ3n) is 3.46. The second-order valence-electron chi connectivity index (χ2n) is 4.12. The first-order valence-electron chi connectivity index (χ1n) is 4.97. The molecule has 1 aliphatic carbocycles. The lowest BCUT2D eigenvalue weighted by atomic mass is 9.79. The molecule has 0 atom stereocenters. The molecule has 2 aliphatic rings. The normalized spacial score (nSPS) is 30.5. The van der Waals surface area contributed by atoms with Crippen molar-refractivity contribution < 1.29 is 14.3 Å². The summed E-state index contributed by atoms with van der Waals surface area (Å²) in [6, 6.07) is 0. The minimum atomic E-state index is -0.648. The number of hydrogen-bond donors (Lipinski definition) is 0. The van der Waals surface area contributed by atoms with E-state index in [1.54, 1.807) is 0 Å². The van der Waals surface area contributed by atoms with Crippen LogP contribution >= 0.6 is 0 Å². The molecule has 1 aliphatic heterocycles. The smallest absolute Gasteiger partial charge is 0.177 e. The lowest BCUT2D eigenvalue weighted by molar-refractivity contribution is -0.214. The van der Waals surface area contributed by atoms with Crippen molar-refractivity contribution in [3.63, 3.8) is 0 Å². The summed E-state index contributed by atoms with van der Waals surface area (Å²) in [6.45, 7) is 3.14. The fraction of sp³-hybridized carbons (Fsp3) is 0.900. The molecule has 0 amide bonds. The number of hydrogen-bond acceptors (Lipinski definition) is 3. The maximum atomic E-state index is 11.2. The highest BCUT2D eigenvalue weighted by atomic mass is 16.7. The number of aldehydes is 1. The Balaban J connectivity index is 2.23. The van der Waals surface area contributed by atoms with Crippen molar-refractivity contribution in [3.8, 4) is 0 Å². The van der Waals surface area contributed by atoms with Gasteiger partial charge < -0.3 is 14.3 Å². The van der Waals surface area contributed by atoms with Gasteiger partial charge in [0.15, 0.2) is 5.79 Å². The average Bonchev–Trinajstić information content (AvgIpc) is 2.73. The molecule has 1 saturated carbocycles. The van der Waals surface area contributed by atoms with E-state index >= 15 is 0 Å². The Hall–Kier alpha value is -0.410. The summed E-state index contributed by atoms with van der Waals surface area (Å²) in [7, 11) is 0. The second kappa shape index (κ2) is 3.07. The maximum Gasteiger partial charge on any atom is 0.177 e. The summed E-state index contributed by atoms with van der Waals surface area (Å²) < 4.78 is 11.1. The minimum absolute atomic E-state index is 0.372. The van der Waals surface area contributed by atoms with Gasteiger partial charge in [0.05, 0.1) is 18.6 Å². The molecule has 1 heterocycles. The Morgan fingerprint density at radius 3 is 2.15 bits per heavy atom. The molecule has 0 aromatic heterocycles. The Morgan fingerprint density at radius 2 is 1.69 bits per heavy atom. The molecule has 3 nitrogen and oxygen atoms in total. The molecule has 0 radical (unpaired) electrons. The van der Waals surface area contributed by atoms with Gasteiger partial charge >= 0.3 is 0 Å². The first-order chi connectivity index (χ1) is 6.22. The van der Waals surface area contributed by atoms with Gasteiger partial charge in [-0.1, -0.05) is 12.8 Å². The molecule has 1 saturated heterocycles. The molecule has 13 heavy (non-hydrogen) atoms. The SMILES string of the molecule is CC1(C2(C=O)CCCC2)OCCO1. The topological polar surface area (TPSA) is 35.5 Å². The molecule has 0 aromatic carbocycles. The van der Waals surface area contributed by atoms with Crippen molar-refractivity contribution >= 4 is 6.29 Å². The summed E-state index contributed by atoms with van der Waals surface area (Å²) in [5.41, 5.74) is -0.372. The van der Waals surface area contributed by atoms with Gasteiger partial charge in [0.1, 0.15) is 6.29 Å². The van der Waals surface area contributed by atoms with E-state index in [-0.39, 0.29) is 5.41 Å². The monoisotopic (exact) mass is 184 g/mol. The lowest BCUT2D eigenvalue weighted by Gasteiger charge is -2.37. The number of rotatable bonds is 2. The van der Waals surface area contributed by atoms with E-state index < -0.39 is 5.79 Å². The van der Waals surface area contributed by atoms with Crippen LogP contribution in [-0.2, 0) is 14.3 Å². The first kappa shape index (κ1) is 9.16. The molecule has 0 N–H and O–H groups in total. The number of ether oxygens (including phenoxy) is 2. The van der Waals surface area contributed by atoms with Crippen LogP contribution in [-0.4, -0.2) is 25.3 Å². The van der Waals surface area contributed by atoms with Crippen LogP contribution in [0.1, 0.15) is 32.6 Å². The van der Waals surface area contributed by atoms with Crippen molar-refractivity contribution in [2.24, 2.45) is 5.41 Å². The van der Waals surface area contributed by atoms with Gasteiger partial charge in [0.25, 0.3) is 0 Å². The zero-order chi connectivity index (χ0) is 9.36. The van der Waals surface area contributed by atoms with Crippen molar-refractivity contribution in [1.29, 1.82) is 0 Å². The molecule has 2 rings (SSSR count). The minimum Gasteiger partial charge on any atom is -0.347 e. The van der Waals surface area contributed by atoms with E-state index in [9.17, 15) is 4.79 Å². The fourth-order valence-electron chi connectivity index (χ4n) is 2.49. The third-order valence-corrected chi connectivity index (χ3v) is 3.46. The van der Waals surface area contributed by atoms with Gasteiger partial charge in [-0.2, -0.15) is 0 Å². The maximum absolute atomic E-state index is 11.2. The van der Waals surface area contributed by atoms with E-state index in [0.29, 0.717) is 13.2 Å². The van der Waals surface area contributed by atoms with Gasteiger partial charge in [0.2, 0.25) is 0 Å². The average molecular weight is 184 g/mol. The number of carbonyl (C=O) groups is 1. The summed E-state index contributed by atoms with van der Waals surface area (Å²) in [4.78, 5) is 11.2. The largest absolute Gasteiger partial charge is 0.347 e. The summed E-state index contributed by atoms with van der Waals surface area (Å²) in [6.07, 6.45) is 5.09. The van der Waals surface area contributed by atoms with E-state index in [4.69, 9.17) is 9.47 Å². The highest BCUT2D eigenvalue weighted by Gasteiger charge is 2.53. The van der Waals surface area contributed by atoms with Gasteiger partial charge in [-0.15, -0.1) is 0 Å². The molecule has 0 aromatic rings. The highest BCUT2D eigenvalue weighted by Crippen LogP contribution is 2.48. The summed E-state index contributed by atoms with van der Waals surface area (Å²) >= 11 is 0. The van der Waals surface area contributed by atoms with Crippen LogP contribution in [0.15, 0.2) is 0 Å². The highest BCUT2D eigenvalue weighted by molar-refractivity contribution is 5.62. The standard InChI is InChI=1S/C10H16O3/c1-9(12-6-7-13-9)10(8-11)4-2-3-5-10/h8H,2-7H2,1H3. The molecule has 0 spiro atoms. The predicted molar refractivity (Wildman–Crippen MR) is 47.3 cm³/mol. The van der Waals surface area contributed by atoms with Crippen LogP contribution < -0.4 is 0 Å². The van der Waals surface area contributed by atoms with Gasteiger partial charge in [-0.3, -0.25) is 0 Å². The zero-order valence-electron chi connectivity index (χ0n) is 8.04. The Bertz CT molecular complexity index is 200. The molecule has 74 valence electrons. The second-order valence-corrected chi connectivity index (χ2v) is 4.12. The molecular weight excluding hydrogens is 168 g/mol. The first-order valence-corrected chi connectivity index (χ1v) is 4.97. The Kier molecular flexibility index (Phi) is 2.16. The van der Waals surface area contributed by atoms with Gasteiger partial charge in [-0.25, -0.2) is 0 Å². The number of carbonyl (C=O) groups excluding carboxylic acids is 1. The van der Waals surface area contributed by atoms with Gasteiger partial charge in [0, 0.05) is 0 Å². The third kappa shape index (κ3) is 1.22. The molecule has 0 unspecified atom stereocenters. The van der Waals surface area contributed by atoms with Crippen LogP contribution in [0.5, 0.6) is 0 Å². The molecule has 2 fully saturated rings. The lowest BCUT2D eigenvalue weighted by Crippen LogP contribution is -2.46. The van der Waals surface area contributed by atoms with E-state index in [2.05, 4.69) is 0 Å². The van der Waals surface area contributed by atoms with E-state index in [1.165, 1.54) is 0 Å². The predicted octanol–water partition coefficient (Wildman–Crippen LogP) is 1.51. The van der Waals surface area contributed by atoms with Gasteiger partial charge in [-0.05, 0) is 19.8 Å². The summed E-state index contributed by atoms with van der Waals surface area (Å²) in [5, 5.41) is 0.